The number of halogens is 5. The summed E-state index contributed by atoms with van der Waals surface area (Å²) in [5, 5.41) is 13.9. The normalized spacial score (nSPS) is 14.3. The minimum absolute atomic E-state index is 0.00696. The summed E-state index contributed by atoms with van der Waals surface area (Å²) >= 11 is 27.7. The van der Waals surface area contributed by atoms with Crippen LogP contribution >= 0.6 is 62.3 Å². The second-order valence-corrected chi connectivity index (χ2v) is 36.9. The van der Waals surface area contributed by atoms with Gasteiger partial charge < -0.3 is 39.0 Å². The highest BCUT2D eigenvalue weighted by atomic mass is 79.9. The number of aromatic nitrogens is 6. The van der Waals surface area contributed by atoms with Crippen molar-refractivity contribution < 1.29 is 73.3 Å². The molecule has 6 aromatic heterocycles. The molecule has 4 N–H and O–H groups in total. The Hall–Kier alpha value is -9.19. The van der Waals surface area contributed by atoms with Crippen LogP contribution in [0.2, 0.25) is 20.1 Å². The maximum Gasteiger partial charge on any atom is 0.338 e. The minimum Gasteiger partial charge on any atom is -0.496 e. The van der Waals surface area contributed by atoms with Gasteiger partial charge in [-0.3, -0.25) is 9.59 Å². The zero-order valence-corrected chi connectivity index (χ0v) is 69.4. The number of hydrogen-bond acceptors (Lipinski definition) is 16. The van der Waals surface area contributed by atoms with Crippen LogP contribution < -0.4 is 10.3 Å². The fourth-order valence-electron chi connectivity index (χ4n) is 14.1. The number of methoxy groups -OCH3 is 4. The highest BCUT2D eigenvalue weighted by Gasteiger charge is 2.57. The second-order valence-electron chi connectivity index (χ2n) is 27.6. The molecule has 0 amide bonds. The predicted octanol–water partition coefficient (Wildman–Crippen LogP) is 17.9. The lowest BCUT2D eigenvalue weighted by molar-refractivity contribution is 0.0594. The Morgan fingerprint density at radius 1 is 0.495 bits per heavy atom. The molecule has 14 rings (SSSR count). The molecule has 3 aliphatic rings. The number of carbonyl (C=O) groups excluding carboxylic acids is 4. The Kier molecular flexibility index (Phi) is 24.9. The fraction of sp³-hybridized carbons (Fsp3) is 0.300. The first kappa shape index (κ1) is 84.3. The molecule has 0 aliphatic heterocycles. The summed E-state index contributed by atoms with van der Waals surface area (Å²) in [6, 6.07) is 17.9. The molecule has 3 saturated carbocycles. The maximum atomic E-state index is 13.5. The molecule has 0 atom stereocenters. The van der Waals surface area contributed by atoms with Gasteiger partial charge in [-0.05, 0) is 200 Å². The molecular formula is C80H81BrCl4N6O17S3. The number of ether oxygens (including phenoxy) is 4. The van der Waals surface area contributed by atoms with E-state index in [2.05, 4.69) is 50.6 Å². The first-order chi connectivity index (χ1) is 52.3. The lowest BCUT2D eigenvalue weighted by Gasteiger charge is -2.16. The van der Waals surface area contributed by atoms with Crippen molar-refractivity contribution in [3.63, 3.8) is 0 Å². The van der Waals surface area contributed by atoms with Gasteiger partial charge in [0, 0.05) is 111 Å². The number of carboxylic acids is 1. The Bertz CT molecular complexity index is 6000. The number of Topliss-reactive ketones (excluding diaryl/α,β-unsaturated/α-hetero) is 1. The predicted molar refractivity (Wildman–Crippen MR) is 439 cm³/mol. The number of aryl methyl sites for hydroxylation is 6. The molecule has 3 aliphatic carbocycles. The molecule has 5 aromatic carbocycles. The highest BCUT2D eigenvalue weighted by Crippen LogP contribution is 2.52. The molecule has 0 radical (unpaired) electrons. The van der Waals surface area contributed by atoms with E-state index in [4.69, 9.17) is 65.4 Å². The number of rotatable bonds is 21. The average molecular weight is 1720 g/mol. The molecule has 11 aromatic rings. The number of hydrogen-bond donors (Lipinski definition) is 4. The number of carboxylic acid groups (broad SMARTS) is 1. The number of nitrogens with one attached hydrogen (secondary N) is 3. The van der Waals surface area contributed by atoms with E-state index in [9.17, 15) is 59.1 Å². The van der Waals surface area contributed by atoms with Gasteiger partial charge in [0.05, 0.1) is 87.0 Å². The van der Waals surface area contributed by atoms with Gasteiger partial charge in [0.25, 0.3) is 5.56 Å². The molecular weight excluding hydrogens is 1630 g/mol. The van der Waals surface area contributed by atoms with Crippen LogP contribution in [0.5, 0.6) is 5.75 Å². The molecule has 6 heterocycles. The van der Waals surface area contributed by atoms with Crippen molar-refractivity contribution in [2.24, 2.45) is 0 Å². The van der Waals surface area contributed by atoms with Crippen molar-refractivity contribution in [1.82, 2.24) is 26.9 Å². The van der Waals surface area contributed by atoms with Gasteiger partial charge in [-0.25, -0.2) is 56.3 Å². The number of ketones is 1. The number of allylic oxidation sites excluding steroid dienone is 3. The number of benzene rings is 5. The molecule has 23 nitrogen and oxygen atoms in total. The number of carbonyl (C=O) groups is 5. The van der Waals surface area contributed by atoms with Crippen LogP contribution in [0.4, 0.5) is 0 Å². The van der Waals surface area contributed by atoms with Crippen LogP contribution in [0.15, 0.2) is 145 Å². The lowest BCUT2D eigenvalue weighted by atomic mass is 9.98. The average Bonchev–Trinajstić information content (AvgIpc) is 1.57. The summed E-state index contributed by atoms with van der Waals surface area (Å²) in [5.74, 6) is -2.18. The van der Waals surface area contributed by atoms with Gasteiger partial charge in [-0.2, -0.15) is 0 Å². The maximum absolute atomic E-state index is 13.5. The molecule has 3 fully saturated rings. The van der Waals surface area contributed by atoms with Crippen molar-refractivity contribution >= 4 is 177 Å². The van der Waals surface area contributed by atoms with E-state index >= 15 is 0 Å². The number of aromatic amines is 3. The van der Waals surface area contributed by atoms with E-state index in [1.807, 2.05) is 32.3 Å². The third-order valence-electron chi connectivity index (χ3n) is 20.1. The van der Waals surface area contributed by atoms with E-state index in [1.54, 1.807) is 101 Å². The van der Waals surface area contributed by atoms with E-state index in [0.29, 0.717) is 146 Å². The van der Waals surface area contributed by atoms with Crippen molar-refractivity contribution in [2.75, 3.05) is 28.4 Å². The third kappa shape index (κ3) is 16.3. The van der Waals surface area contributed by atoms with Crippen LogP contribution in [-0.4, -0.2) is 130 Å². The van der Waals surface area contributed by atoms with Crippen LogP contribution in [0, 0.1) is 41.5 Å². The lowest BCUT2D eigenvalue weighted by Crippen LogP contribution is -2.28. The molecule has 0 saturated heterocycles. The van der Waals surface area contributed by atoms with Gasteiger partial charge >= 0.3 is 23.9 Å². The van der Waals surface area contributed by atoms with Crippen LogP contribution in [0.3, 0.4) is 0 Å². The molecule has 0 unspecified atom stereocenters. The van der Waals surface area contributed by atoms with Gasteiger partial charge in [0.15, 0.2) is 5.78 Å². The zero-order valence-electron chi connectivity index (χ0n) is 62.3. The molecule has 0 spiro atoms. The first-order valence-corrected chi connectivity index (χ1v) is 41.3. The molecule has 111 heavy (non-hydrogen) atoms. The summed E-state index contributed by atoms with van der Waals surface area (Å²) in [5.41, 5.74) is 9.29. The minimum atomic E-state index is -3.72. The second kappa shape index (κ2) is 32.9. The smallest absolute Gasteiger partial charge is 0.338 e. The number of fused-ring (bicyclic) bond motifs is 5. The zero-order chi connectivity index (χ0) is 81.5. The summed E-state index contributed by atoms with van der Waals surface area (Å²) in [7, 11) is -5.50. The third-order valence-corrected chi connectivity index (χ3v) is 28.9. The Balaban J connectivity index is 0.000000152. The number of aromatic carboxylic acids is 1. The van der Waals surface area contributed by atoms with Gasteiger partial charge in [-0.15, -0.1) is 19.7 Å². The highest BCUT2D eigenvalue weighted by molar-refractivity contribution is 9.10. The largest absolute Gasteiger partial charge is 0.496 e. The van der Waals surface area contributed by atoms with E-state index in [0.717, 1.165) is 37.4 Å². The van der Waals surface area contributed by atoms with E-state index < -0.39 is 56.2 Å². The van der Waals surface area contributed by atoms with Gasteiger partial charge in [0.2, 0.25) is 30.1 Å². The first-order valence-electron chi connectivity index (χ1n) is 34.7. The topological polar surface area (TPSA) is 324 Å². The number of esters is 3. The van der Waals surface area contributed by atoms with Crippen LogP contribution in [0.1, 0.15) is 155 Å². The van der Waals surface area contributed by atoms with Crippen molar-refractivity contribution in [1.29, 1.82) is 0 Å². The molecule has 586 valence electrons. The van der Waals surface area contributed by atoms with E-state index in [-0.39, 0.29) is 62.3 Å². The number of pyridine rings is 1. The number of H-pyrrole nitrogens is 3. The van der Waals surface area contributed by atoms with Crippen LogP contribution in [-0.2, 0) is 50.7 Å². The monoisotopic (exact) mass is 1710 g/mol. The summed E-state index contributed by atoms with van der Waals surface area (Å²) in [6.45, 7) is 21.9. The number of nitrogens with zero attached hydrogens (tertiary/aromatic N) is 3. The Labute approximate surface area is 669 Å². The fourth-order valence-corrected chi connectivity index (χ4v) is 21.6. The SMILES string of the molecule is C=CCC1(S(=O)(=O)n2cc(C)c3c(C(=O)CCc4c(OC)cc(C)[nH]c4=O)cc(Cl)cc32)CC1.C=CCC1(S(=O)(=O)n2cc(C)c3c(C(=O)O)cc(Cl)cc32)CC1.C=CCC1(S(=O)(=O)n2cc(C)c3c(C(=O)OC)cc(Cl)cc32)CC1.COC(=O)c1cc(Br)cc2[nH]cc(C)c12.COC(=O)c1cc(Cl)cc2[nH]cc(C)c12. The van der Waals surface area contributed by atoms with Crippen LogP contribution in [0.25, 0.3) is 54.5 Å². The summed E-state index contributed by atoms with van der Waals surface area (Å²) < 4.78 is 101. The van der Waals surface area contributed by atoms with Crippen molar-refractivity contribution in [3.05, 3.63) is 237 Å². The molecule has 31 heteroatoms. The van der Waals surface area contributed by atoms with Crippen molar-refractivity contribution in [2.45, 2.75) is 126 Å². The molecule has 0 bridgehead atoms. The summed E-state index contributed by atoms with van der Waals surface area (Å²) in [6.07, 6.45) is 18.0. The standard InChI is InChI=1S/C25H27ClN2O5S.C17H18ClNO4S.C16H16ClNO4S.C11H10BrNO2.C11H10ClNO2/c1-5-8-25(9-10-25)34(31,32)28-14-15(2)23-19(12-17(26)13-20(23)28)21(29)7-6-18-22(33-4)11-16(3)27-24(18)30;1-4-5-17(6-7-17)24(21,22)19-10-11(2)15-13(16(20)23-3)8-12(18)9-14(15)19;1-3-4-16(5-6-16)23(21,22)18-9-10(2)14-12(15(19)20)7-11(17)8-13(14)18;2*1-6-5-13-9-4-7(12)3-8(10(6)9)11(14)15-2/h5,11-14H,1,6-10H2,2-4H3,(H,27,30);4,8-10H,1,5-7H2,2-3H3;3,7-9H,1,4-6H2,2H3,(H,19,20);2*3-5,13H,1-2H3. The quantitative estimate of drug-likeness (QED) is 0.0225. The Morgan fingerprint density at radius 2 is 0.838 bits per heavy atom. The van der Waals surface area contributed by atoms with E-state index in [1.165, 1.54) is 64.8 Å². The van der Waals surface area contributed by atoms with Gasteiger partial charge in [0.1, 0.15) is 5.75 Å². The van der Waals surface area contributed by atoms with Crippen molar-refractivity contribution in [3.8, 4) is 5.75 Å². The Morgan fingerprint density at radius 3 is 1.21 bits per heavy atom. The van der Waals surface area contributed by atoms with Gasteiger partial charge in [-0.1, -0.05) is 80.6 Å². The summed E-state index contributed by atoms with van der Waals surface area (Å²) in [4.78, 5) is 81.2.